The van der Waals surface area contributed by atoms with Crippen LogP contribution in [0.5, 0.6) is 0 Å². The van der Waals surface area contributed by atoms with E-state index >= 15 is 0 Å². The molecule has 2 aromatic rings. The molecule has 0 saturated heterocycles. The van der Waals surface area contributed by atoms with Crippen molar-refractivity contribution >= 4 is 56.4 Å². The number of hydrogen-bond donors (Lipinski definition) is 2. The van der Waals surface area contributed by atoms with Crippen LogP contribution in [-0.2, 0) is 22.4 Å². The van der Waals surface area contributed by atoms with Crippen LogP contribution in [0.3, 0.4) is 0 Å². The molecule has 0 radical (unpaired) electrons. The molecule has 2 heterocycles. The van der Waals surface area contributed by atoms with Gasteiger partial charge in [0.15, 0.2) is 4.34 Å². The molecule has 0 saturated carbocycles. The molecule has 0 aliphatic heterocycles. The van der Waals surface area contributed by atoms with Gasteiger partial charge in [-0.15, -0.1) is 21.5 Å². The quantitative estimate of drug-likeness (QED) is 0.531. The SMILES string of the molecule is CCNc1nnc(SCC(=O)Nc2sc3c(c2C(=O)OC)CCCC3)s1. The first-order valence-corrected chi connectivity index (χ1v) is 11.0. The van der Waals surface area contributed by atoms with Gasteiger partial charge in [0, 0.05) is 11.4 Å². The van der Waals surface area contributed by atoms with Crippen molar-refractivity contribution in [2.45, 2.75) is 36.9 Å². The molecule has 140 valence electrons. The highest BCUT2D eigenvalue weighted by molar-refractivity contribution is 8.01. The Kier molecular flexibility index (Phi) is 6.49. The van der Waals surface area contributed by atoms with Gasteiger partial charge in [-0.1, -0.05) is 23.1 Å². The van der Waals surface area contributed by atoms with Gasteiger partial charge >= 0.3 is 5.97 Å². The average molecular weight is 413 g/mol. The fraction of sp³-hybridized carbons (Fsp3) is 0.500. The molecule has 1 aliphatic rings. The van der Waals surface area contributed by atoms with Crippen molar-refractivity contribution in [1.82, 2.24) is 10.2 Å². The number of rotatable bonds is 7. The van der Waals surface area contributed by atoms with Crippen LogP contribution in [0.15, 0.2) is 4.34 Å². The number of methoxy groups -OCH3 is 1. The number of amides is 1. The van der Waals surface area contributed by atoms with Crippen molar-refractivity contribution in [2.75, 3.05) is 30.0 Å². The number of hydrogen-bond acceptors (Lipinski definition) is 9. The lowest BCUT2D eigenvalue weighted by molar-refractivity contribution is -0.113. The number of anilines is 2. The molecule has 1 amide bonds. The highest BCUT2D eigenvalue weighted by atomic mass is 32.2. The minimum absolute atomic E-state index is 0.168. The van der Waals surface area contributed by atoms with Gasteiger partial charge in [0.2, 0.25) is 11.0 Å². The first-order valence-electron chi connectivity index (χ1n) is 8.35. The molecular formula is C16H20N4O3S3. The Morgan fingerprint density at radius 3 is 2.81 bits per heavy atom. The van der Waals surface area contributed by atoms with Crippen LogP contribution in [0.1, 0.15) is 40.6 Å². The van der Waals surface area contributed by atoms with E-state index in [2.05, 4.69) is 20.8 Å². The standard InChI is InChI=1S/C16H20N4O3S3/c1-3-17-15-19-20-16(26-15)24-8-11(21)18-13-12(14(22)23-2)9-6-4-5-7-10(9)25-13/h3-8H2,1-2H3,(H,17,19)(H,18,21). The maximum atomic E-state index is 12.4. The van der Waals surface area contributed by atoms with E-state index in [-0.39, 0.29) is 17.6 Å². The zero-order chi connectivity index (χ0) is 18.5. The number of carbonyl (C=O) groups is 2. The average Bonchev–Trinajstić information content (AvgIpc) is 3.23. The molecule has 2 N–H and O–H groups in total. The Morgan fingerprint density at radius 1 is 1.23 bits per heavy atom. The summed E-state index contributed by atoms with van der Waals surface area (Å²) in [6.45, 7) is 2.76. The summed E-state index contributed by atoms with van der Waals surface area (Å²) in [6, 6.07) is 0. The van der Waals surface area contributed by atoms with Gasteiger partial charge in [0.25, 0.3) is 0 Å². The van der Waals surface area contributed by atoms with Gasteiger partial charge in [-0.05, 0) is 38.2 Å². The normalized spacial score (nSPS) is 13.2. The molecule has 10 heteroatoms. The Bertz CT molecular complexity index is 803. The first kappa shape index (κ1) is 19.1. The van der Waals surface area contributed by atoms with Crippen LogP contribution >= 0.6 is 34.4 Å². The first-order chi connectivity index (χ1) is 12.6. The molecule has 0 unspecified atom stereocenters. The number of esters is 1. The largest absolute Gasteiger partial charge is 0.465 e. The molecule has 0 spiro atoms. The van der Waals surface area contributed by atoms with E-state index in [9.17, 15) is 9.59 Å². The van der Waals surface area contributed by atoms with E-state index in [4.69, 9.17) is 4.74 Å². The Morgan fingerprint density at radius 2 is 2.04 bits per heavy atom. The highest BCUT2D eigenvalue weighted by Gasteiger charge is 2.26. The third-order valence-corrected chi connectivity index (χ3v) is 7.10. The summed E-state index contributed by atoms with van der Waals surface area (Å²) in [6.07, 6.45) is 3.98. The van der Waals surface area contributed by atoms with Crippen LogP contribution < -0.4 is 10.6 Å². The molecule has 0 bridgehead atoms. The fourth-order valence-corrected chi connectivity index (χ4v) is 5.67. The summed E-state index contributed by atoms with van der Waals surface area (Å²) in [5.41, 5.74) is 1.56. The number of carbonyl (C=O) groups excluding carboxylic acids is 2. The lowest BCUT2D eigenvalue weighted by atomic mass is 9.95. The molecule has 0 aromatic carbocycles. The minimum Gasteiger partial charge on any atom is -0.465 e. The topological polar surface area (TPSA) is 93.2 Å². The van der Waals surface area contributed by atoms with Crippen LogP contribution in [-0.4, -0.2) is 41.5 Å². The third-order valence-electron chi connectivity index (χ3n) is 3.87. The maximum absolute atomic E-state index is 12.4. The number of aromatic nitrogens is 2. The molecule has 0 fully saturated rings. The van der Waals surface area contributed by atoms with Crippen molar-refractivity contribution in [3.63, 3.8) is 0 Å². The number of ether oxygens (including phenoxy) is 1. The predicted octanol–water partition coefficient (Wildman–Crippen LogP) is 3.43. The second-order valence-corrected chi connectivity index (χ2v) is 8.95. The molecular weight excluding hydrogens is 392 g/mol. The van der Waals surface area contributed by atoms with Gasteiger partial charge in [-0.25, -0.2) is 4.79 Å². The van der Waals surface area contributed by atoms with E-state index < -0.39 is 0 Å². The second kappa shape index (κ2) is 8.83. The molecule has 1 aliphatic carbocycles. The molecule has 0 atom stereocenters. The fourth-order valence-electron chi connectivity index (χ4n) is 2.75. The van der Waals surface area contributed by atoms with Gasteiger partial charge in [0.05, 0.1) is 18.4 Å². The van der Waals surface area contributed by atoms with Crippen molar-refractivity contribution < 1.29 is 14.3 Å². The summed E-state index contributed by atoms with van der Waals surface area (Å²) in [5, 5.41) is 15.4. The molecule has 2 aromatic heterocycles. The maximum Gasteiger partial charge on any atom is 0.341 e. The smallest absolute Gasteiger partial charge is 0.341 e. The molecule has 26 heavy (non-hydrogen) atoms. The number of nitrogens with zero attached hydrogens (tertiary/aromatic N) is 2. The van der Waals surface area contributed by atoms with E-state index in [0.717, 1.165) is 47.3 Å². The van der Waals surface area contributed by atoms with Crippen LogP contribution in [0, 0.1) is 0 Å². The minimum atomic E-state index is -0.383. The van der Waals surface area contributed by atoms with Gasteiger partial charge < -0.3 is 15.4 Å². The number of fused-ring (bicyclic) bond motifs is 1. The lowest BCUT2D eigenvalue weighted by Gasteiger charge is -2.11. The second-order valence-electron chi connectivity index (χ2n) is 5.65. The van der Waals surface area contributed by atoms with Crippen LogP contribution in [0.4, 0.5) is 10.1 Å². The summed E-state index contributed by atoms with van der Waals surface area (Å²) in [7, 11) is 1.37. The van der Waals surface area contributed by atoms with Gasteiger partial charge in [0.1, 0.15) is 5.00 Å². The highest BCUT2D eigenvalue weighted by Crippen LogP contribution is 2.38. The van der Waals surface area contributed by atoms with Gasteiger partial charge in [-0.2, -0.15) is 0 Å². The Balaban J connectivity index is 1.66. The zero-order valence-electron chi connectivity index (χ0n) is 14.6. The van der Waals surface area contributed by atoms with E-state index in [1.54, 1.807) is 0 Å². The molecule has 3 rings (SSSR count). The predicted molar refractivity (Wildman–Crippen MR) is 106 cm³/mol. The third kappa shape index (κ3) is 4.36. The zero-order valence-corrected chi connectivity index (χ0v) is 17.0. The number of thiophene rings is 1. The van der Waals surface area contributed by atoms with Gasteiger partial charge in [-0.3, -0.25) is 4.79 Å². The Labute approximate surface area is 163 Å². The summed E-state index contributed by atoms with van der Waals surface area (Å²) < 4.78 is 5.66. The van der Waals surface area contributed by atoms with E-state index in [1.807, 2.05) is 6.92 Å². The summed E-state index contributed by atoms with van der Waals surface area (Å²) in [5.74, 6) is -0.338. The van der Waals surface area contributed by atoms with Crippen molar-refractivity contribution in [3.05, 3.63) is 16.0 Å². The molecule has 7 nitrogen and oxygen atoms in total. The van der Waals surface area contributed by atoms with Crippen molar-refractivity contribution in [1.29, 1.82) is 0 Å². The number of nitrogens with one attached hydrogen (secondary N) is 2. The lowest BCUT2D eigenvalue weighted by Crippen LogP contribution is -2.16. The number of thioether (sulfide) groups is 1. The van der Waals surface area contributed by atoms with E-state index in [1.165, 1.54) is 46.4 Å². The summed E-state index contributed by atoms with van der Waals surface area (Å²) >= 11 is 4.24. The number of aryl methyl sites for hydroxylation is 1. The summed E-state index contributed by atoms with van der Waals surface area (Å²) in [4.78, 5) is 25.7. The van der Waals surface area contributed by atoms with Crippen molar-refractivity contribution in [2.24, 2.45) is 0 Å². The van der Waals surface area contributed by atoms with Crippen LogP contribution in [0.2, 0.25) is 0 Å². The monoisotopic (exact) mass is 412 g/mol. The van der Waals surface area contributed by atoms with Crippen LogP contribution in [0.25, 0.3) is 0 Å². The Hall–Kier alpha value is -1.65. The van der Waals surface area contributed by atoms with Crippen molar-refractivity contribution in [3.8, 4) is 0 Å². The van der Waals surface area contributed by atoms with E-state index in [0.29, 0.717) is 10.6 Å².